The highest BCUT2D eigenvalue weighted by Gasteiger charge is 2.10. The summed E-state index contributed by atoms with van der Waals surface area (Å²) in [5, 5.41) is 10.2. The fourth-order valence-corrected chi connectivity index (χ4v) is 2.01. The van der Waals surface area contributed by atoms with E-state index in [1.807, 2.05) is 49.4 Å². The Bertz CT molecular complexity index is 584. The maximum atomic E-state index is 10.2. The number of aliphatic hydroxyl groups excluding tert-OH is 1. The number of nitrogens with two attached hydrogens (primary N) is 1. The molecule has 0 aliphatic rings. The van der Waals surface area contributed by atoms with Crippen LogP contribution in [0.15, 0.2) is 48.5 Å². The van der Waals surface area contributed by atoms with Gasteiger partial charge >= 0.3 is 0 Å². The van der Waals surface area contributed by atoms with E-state index < -0.39 is 6.10 Å². The monoisotopic (exact) mass is 287 g/mol. The summed E-state index contributed by atoms with van der Waals surface area (Å²) in [4.78, 5) is 0. The standard InChI is InChI=1S/C17H21NO3/c1-12(18)13-5-3-8-16(9-13)21-11-17(19)14-6-4-7-15(10-14)20-2/h3-10,12,17,19H,11,18H2,1-2H3/t12-,17?/m0/s1. The lowest BCUT2D eigenvalue weighted by Gasteiger charge is -2.14. The Balaban J connectivity index is 2.00. The Morgan fingerprint density at radius 2 is 1.67 bits per heavy atom. The number of hydrogen-bond donors (Lipinski definition) is 2. The third-order valence-corrected chi connectivity index (χ3v) is 3.27. The minimum absolute atomic E-state index is 0.0446. The van der Waals surface area contributed by atoms with E-state index in [0.29, 0.717) is 11.5 Å². The van der Waals surface area contributed by atoms with E-state index in [0.717, 1.165) is 11.1 Å². The summed E-state index contributed by atoms with van der Waals surface area (Å²) in [5.74, 6) is 1.41. The van der Waals surface area contributed by atoms with E-state index in [1.165, 1.54) is 0 Å². The topological polar surface area (TPSA) is 64.7 Å². The van der Waals surface area contributed by atoms with Crippen molar-refractivity contribution in [2.24, 2.45) is 5.73 Å². The Hall–Kier alpha value is -2.04. The molecule has 112 valence electrons. The van der Waals surface area contributed by atoms with Crippen molar-refractivity contribution in [3.05, 3.63) is 59.7 Å². The Morgan fingerprint density at radius 3 is 2.33 bits per heavy atom. The zero-order valence-electron chi connectivity index (χ0n) is 12.3. The smallest absolute Gasteiger partial charge is 0.119 e. The van der Waals surface area contributed by atoms with Crippen molar-refractivity contribution in [3.63, 3.8) is 0 Å². The van der Waals surface area contributed by atoms with Crippen molar-refractivity contribution >= 4 is 0 Å². The molecule has 21 heavy (non-hydrogen) atoms. The summed E-state index contributed by atoms with van der Waals surface area (Å²) < 4.78 is 10.8. The first kappa shape index (κ1) is 15.4. The third-order valence-electron chi connectivity index (χ3n) is 3.27. The van der Waals surface area contributed by atoms with Gasteiger partial charge in [-0.15, -0.1) is 0 Å². The molecule has 2 aromatic carbocycles. The molecule has 0 bridgehead atoms. The normalized spacial score (nSPS) is 13.5. The van der Waals surface area contributed by atoms with Crippen molar-refractivity contribution in [1.82, 2.24) is 0 Å². The van der Waals surface area contributed by atoms with E-state index in [1.54, 1.807) is 13.2 Å². The molecule has 0 fully saturated rings. The van der Waals surface area contributed by atoms with Gasteiger partial charge in [-0.2, -0.15) is 0 Å². The molecule has 4 heteroatoms. The van der Waals surface area contributed by atoms with Crippen molar-refractivity contribution in [2.45, 2.75) is 19.1 Å². The van der Waals surface area contributed by atoms with Crippen LogP contribution in [0.3, 0.4) is 0 Å². The van der Waals surface area contributed by atoms with Gasteiger partial charge in [0.15, 0.2) is 0 Å². The second kappa shape index (κ2) is 7.11. The molecule has 2 atom stereocenters. The Labute approximate surface area is 125 Å². The largest absolute Gasteiger partial charge is 0.497 e. The van der Waals surface area contributed by atoms with Crippen LogP contribution in [0.2, 0.25) is 0 Å². The van der Waals surface area contributed by atoms with Gasteiger partial charge in [-0.3, -0.25) is 0 Å². The first-order valence-corrected chi connectivity index (χ1v) is 6.90. The van der Waals surface area contributed by atoms with E-state index >= 15 is 0 Å². The minimum Gasteiger partial charge on any atom is -0.497 e. The molecule has 1 unspecified atom stereocenters. The van der Waals surface area contributed by atoms with Gasteiger partial charge in [-0.05, 0) is 42.3 Å². The highest BCUT2D eigenvalue weighted by Crippen LogP contribution is 2.22. The minimum atomic E-state index is -0.709. The molecule has 0 amide bonds. The maximum Gasteiger partial charge on any atom is 0.119 e. The van der Waals surface area contributed by atoms with Crippen LogP contribution >= 0.6 is 0 Å². The quantitative estimate of drug-likeness (QED) is 0.857. The van der Waals surface area contributed by atoms with Crippen molar-refractivity contribution in [2.75, 3.05) is 13.7 Å². The van der Waals surface area contributed by atoms with Crippen molar-refractivity contribution < 1.29 is 14.6 Å². The summed E-state index contributed by atoms with van der Waals surface area (Å²) in [6.45, 7) is 2.10. The maximum absolute atomic E-state index is 10.2. The van der Waals surface area contributed by atoms with E-state index in [4.69, 9.17) is 15.2 Å². The van der Waals surface area contributed by atoms with Crippen LogP contribution in [-0.2, 0) is 0 Å². The van der Waals surface area contributed by atoms with Crippen LogP contribution in [0.25, 0.3) is 0 Å². The zero-order chi connectivity index (χ0) is 15.2. The van der Waals surface area contributed by atoms with E-state index in [2.05, 4.69) is 0 Å². The molecule has 0 radical (unpaired) electrons. The predicted molar refractivity (Wildman–Crippen MR) is 82.5 cm³/mol. The molecule has 0 aromatic heterocycles. The SMILES string of the molecule is COc1cccc(C(O)COc2cccc([C@H](C)N)c2)c1. The predicted octanol–water partition coefficient (Wildman–Crippen LogP) is 2.83. The number of ether oxygens (including phenoxy) is 2. The number of hydrogen-bond acceptors (Lipinski definition) is 4. The third kappa shape index (κ3) is 4.21. The van der Waals surface area contributed by atoms with Gasteiger partial charge in [0.25, 0.3) is 0 Å². The zero-order valence-corrected chi connectivity index (χ0v) is 12.3. The molecular formula is C17H21NO3. The van der Waals surface area contributed by atoms with E-state index in [9.17, 15) is 5.11 Å². The van der Waals surface area contributed by atoms with E-state index in [-0.39, 0.29) is 12.6 Å². The highest BCUT2D eigenvalue weighted by atomic mass is 16.5. The molecule has 3 N–H and O–H groups in total. The lowest BCUT2D eigenvalue weighted by Crippen LogP contribution is -2.10. The highest BCUT2D eigenvalue weighted by molar-refractivity contribution is 5.31. The second-order valence-electron chi connectivity index (χ2n) is 4.96. The molecule has 0 saturated carbocycles. The molecule has 0 aliphatic carbocycles. The van der Waals surface area contributed by atoms with Crippen LogP contribution in [0.4, 0.5) is 0 Å². The summed E-state index contributed by atoms with van der Waals surface area (Å²) in [5.41, 5.74) is 7.61. The first-order chi connectivity index (χ1) is 10.1. The lowest BCUT2D eigenvalue weighted by atomic mass is 10.1. The Morgan fingerprint density at radius 1 is 1.05 bits per heavy atom. The van der Waals surface area contributed by atoms with Gasteiger partial charge in [0, 0.05) is 6.04 Å². The van der Waals surface area contributed by atoms with Crippen LogP contribution in [0.5, 0.6) is 11.5 Å². The van der Waals surface area contributed by atoms with Crippen molar-refractivity contribution in [3.8, 4) is 11.5 Å². The number of benzene rings is 2. The van der Waals surface area contributed by atoms with Gasteiger partial charge in [0.05, 0.1) is 7.11 Å². The molecule has 0 saturated heterocycles. The average molecular weight is 287 g/mol. The summed E-state index contributed by atoms with van der Waals surface area (Å²) in [6, 6.07) is 14.9. The van der Waals surface area contributed by atoms with Gasteiger partial charge in [0.2, 0.25) is 0 Å². The lowest BCUT2D eigenvalue weighted by molar-refractivity contribution is 0.108. The molecule has 4 nitrogen and oxygen atoms in total. The molecule has 0 spiro atoms. The van der Waals surface area contributed by atoms with Crippen LogP contribution in [-0.4, -0.2) is 18.8 Å². The number of methoxy groups -OCH3 is 1. The Kier molecular flexibility index (Phi) is 5.20. The fraction of sp³-hybridized carbons (Fsp3) is 0.294. The summed E-state index contributed by atoms with van der Waals surface area (Å²) in [7, 11) is 1.60. The van der Waals surface area contributed by atoms with Gasteiger partial charge < -0.3 is 20.3 Å². The fourth-order valence-electron chi connectivity index (χ4n) is 2.01. The summed E-state index contributed by atoms with van der Waals surface area (Å²) >= 11 is 0. The van der Waals surface area contributed by atoms with Gasteiger partial charge in [-0.1, -0.05) is 24.3 Å². The van der Waals surface area contributed by atoms with Gasteiger partial charge in [-0.25, -0.2) is 0 Å². The first-order valence-electron chi connectivity index (χ1n) is 6.90. The molecule has 2 aromatic rings. The molecule has 2 rings (SSSR count). The average Bonchev–Trinajstić information content (AvgIpc) is 2.53. The number of rotatable bonds is 6. The van der Waals surface area contributed by atoms with Crippen LogP contribution in [0, 0.1) is 0 Å². The van der Waals surface area contributed by atoms with Crippen LogP contribution < -0.4 is 15.2 Å². The van der Waals surface area contributed by atoms with Crippen molar-refractivity contribution in [1.29, 1.82) is 0 Å². The molecular weight excluding hydrogens is 266 g/mol. The second-order valence-corrected chi connectivity index (χ2v) is 4.96. The molecule has 0 heterocycles. The summed E-state index contributed by atoms with van der Waals surface area (Å²) in [6.07, 6.45) is -0.709. The molecule has 0 aliphatic heterocycles. The van der Waals surface area contributed by atoms with Gasteiger partial charge in [0.1, 0.15) is 24.2 Å². The number of aliphatic hydroxyl groups is 1. The van der Waals surface area contributed by atoms with Crippen LogP contribution in [0.1, 0.15) is 30.2 Å².